The van der Waals surface area contributed by atoms with Gasteiger partial charge in [0, 0.05) is 25.0 Å². The molecule has 1 saturated carbocycles. The molecule has 1 aliphatic carbocycles. The van der Waals surface area contributed by atoms with E-state index in [-0.39, 0.29) is 5.41 Å². The fraction of sp³-hybridized carbons (Fsp3) is 0.684. The van der Waals surface area contributed by atoms with Crippen LogP contribution < -0.4 is 9.47 Å². The molecular weight excluding hydrogens is 290 g/mol. The number of hydrogen-bond acceptors (Lipinski definition) is 4. The quantitative estimate of drug-likeness (QED) is 0.785. The van der Waals surface area contributed by atoms with Crippen LogP contribution in [0.25, 0.3) is 0 Å². The highest BCUT2D eigenvalue weighted by molar-refractivity contribution is 5.31. The Kier molecular flexibility index (Phi) is 4.56. The molecule has 1 aromatic rings. The first-order valence-electron chi connectivity index (χ1n) is 8.59. The molecule has 1 heterocycles. The van der Waals surface area contributed by atoms with E-state index in [0.717, 1.165) is 50.6 Å². The third-order valence-corrected chi connectivity index (χ3v) is 5.73. The van der Waals surface area contributed by atoms with Crippen LogP contribution in [0.4, 0.5) is 0 Å². The number of hydrogen-bond donors (Lipinski definition) is 1. The Hall–Kier alpha value is -1.26. The summed E-state index contributed by atoms with van der Waals surface area (Å²) < 4.78 is 10.9. The lowest BCUT2D eigenvalue weighted by molar-refractivity contribution is -0.0977. The Bertz CT molecular complexity index is 528. The lowest BCUT2D eigenvalue weighted by Crippen LogP contribution is -2.54. The number of methoxy groups -OCH3 is 1. The second-order valence-electron chi connectivity index (χ2n) is 7.85. The van der Waals surface area contributed by atoms with Crippen molar-refractivity contribution in [1.29, 1.82) is 0 Å². The van der Waals surface area contributed by atoms with Crippen LogP contribution in [0.15, 0.2) is 24.3 Å². The summed E-state index contributed by atoms with van der Waals surface area (Å²) in [6.07, 6.45) is 2.17. The molecular formula is C19H29NO3. The van der Waals surface area contributed by atoms with Crippen molar-refractivity contribution in [2.24, 2.45) is 16.7 Å². The van der Waals surface area contributed by atoms with Gasteiger partial charge in [0.1, 0.15) is 11.5 Å². The molecule has 4 heteroatoms. The van der Waals surface area contributed by atoms with Gasteiger partial charge in [-0.1, -0.05) is 13.8 Å². The number of fused-ring (bicyclic) bond motifs is 1. The van der Waals surface area contributed by atoms with Gasteiger partial charge in [0.2, 0.25) is 0 Å². The van der Waals surface area contributed by atoms with E-state index in [4.69, 9.17) is 9.47 Å². The minimum absolute atomic E-state index is 0.167. The second-order valence-corrected chi connectivity index (χ2v) is 7.85. The van der Waals surface area contributed by atoms with Crippen LogP contribution in [0.3, 0.4) is 0 Å². The van der Waals surface area contributed by atoms with E-state index < -0.39 is 0 Å². The molecule has 2 atom stereocenters. The number of ether oxygens (including phenoxy) is 2. The maximum atomic E-state index is 9.80. The van der Waals surface area contributed by atoms with Gasteiger partial charge < -0.3 is 19.5 Å². The van der Waals surface area contributed by atoms with Gasteiger partial charge in [-0.3, -0.25) is 0 Å². The first-order chi connectivity index (χ1) is 11.0. The molecule has 128 valence electrons. The van der Waals surface area contributed by atoms with Crippen molar-refractivity contribution in [1.82, 2.24) is 4.90 Å². The molecule has 4 nitrogen and oxygen atoms in total. The fourth-order valence-electron chi connectivity index (χ4n) is 4.76. The van der Waals surface area contributed by atoms with Crippen molar-refractivity contribution >= 4 is 0 Å². The van der Waals surface area contributed by atoms with Gasteiger partial charge in [-0.15, -0.1) is 0 Å². The number of nitrogens with zero attached hydrogens (tertiary/aromatic N) is 1. The van der Waals surface area contributed by atoms with Crippen molar-refractivity contribution in [2.75, 3.05) is 40.0 Å². The Labute approximate surface area is 139 Å². The van der Waals surface area contributed by atoms with Crippen LogP contribution in [0.1, 0.15) is 26.7 Å². The van der Waals surface area contributed by atoms with E-state index in [2.05, 4.69) is 18.7 Å². The molecule has 0 bridgehead atoms. The van der Waals surface area contributed by atoms with Gasteiger partial charge >= 0.3 is 0 Å². The molecule has 0 spiro atoms. The summed E-state index contributed by atoms with van der Waals surface area (Å²) >= 11 is 0. The zero-order chi connectivity index (χ0) is 16.5. The highest BCUT2D eigenvalue weighted by Crippen LogP contribution is 2.62. The third-order valence-electron chi connectivity index (χ3n) is 5.73. The van der Waals surface area contributed by atoms with Crippen LogP contribution in [0, 0.1) is 16.7 Å². The maximum absolute atomic E-state index is 9.80. The van der Waals surface area contributed by atoms with E-state index in [1.807, 2.05) is 24.3 Å². The lowest BCUT2D eigenvalue weighted by atomic mass is 9.48. The largest absolute Gasteiger partial charge is 0.497 e. The summed E-state index contributed by atoms with van der Waals surface area (Å²) in [4.78, 5) is 2.51. The van der Waals surface area contributed by atoms with Gasteiger partial charge in [0.05, 0.1) is 20.3 Å². The predicted molar refractivity (Wildman–Crippen MR) is 91.0 cm³/mol. The van der Waals surface area contributed by atoms with Crippen LogP contribution in [0.5, 0.6) is 11.5 Å². The predicted octanol–water partition coefficient (Wildman–Crippen LogP) is 2.80. The van der Waals surface area contributed by atoms with Crippen molar-refractivity contribution in [3.8, 4) is 11.5 Å². The molecule has 0 amide bonds. The monoisotopic (exact) mass is 319 g/mol. The topological polar surface area (TPSA) is 41.9 Å². The number of aliphatic hydroxyl groups is 1. The van der Waals surface area contributed by atoms with Crippen LogP contribution in [0.2, 0.25) is 0 Å². The first-order valence-corrected chi connectivity index (χ1v) is 8.59. The standard InChI is InChI=1S/C19H29NO3/c1-18(2)12-19(14-21)13-20(11-17(18)19)9-4-10-23-16-7-5-15(22-3)6-8-16/h5-8,17,21H,4,9-14H2,1-3H3/t17-,19-/m1/s1. The maximum Gasteiger partial charge on any atom is 0.119 e. The van der Waals surface area contributed by atoms with Gasteiger partial charge in [-0.25, -0.2) is 0 Å². The molecule has 1 saturated heterocycles. The summed E-state index contributed by atoms with van der Waals surface area (Å²) in [5.74, 6) is 2.38. The summed E-state index contributed by atoms with van der Waals surface area (Å²) in [6, 6.07) is 7.72. The molecule has 1 aliphatic heterocycles. The average Bonchev–Trinajstić information content (AvgIpc) is 2.87. The van der Waals surface area contributed by atoms with Crippen molar-refractivity contribution < 1.29 is 14.6 Å². The average molecular weight is 319 g/mol. The normalized spacial score (nSPS) is 29.0. The molecule has 2 aliphatic rings. The van der Waals surface area contributed by atoms with Gasteiger partial charge in [-0.05, 0) is 48.4 Å². The second kappa shape index (κ2) is 6.33. The van der Waals surface area contributed by atoms with Crippen molar-refractivity contribution in [3.05, 3.63) is 24.3 Å². The molecule has 2 fully saturated rings. The van der Waals surface area contributed by atoms with E-state index in [1.165, 1.54) is 0 Å². The fourth-order valence-corrected chi connectivity index (χ4v) is 4.76. The molecule has 23 heavy (non-hydrogen) atoms. The van der Waals surface area contributed by atoms with Gasteiger partial charge in [0.15, 0.2) is 0 Å². The van der Waals surface area contributed by atoms with Gasteiger partial charge in [-0.2, -0.15) is 0 Å². The third kappa shape index (κ3) is 3.20. The number of benzene rings is 1. The summed E-state index contributed by atoms with van der Waals surface area (Å²) in [6.45, 7) is 8.94. The Morgan fingerprint density at radius 3 is 2.48 bits per heavy atom. The Balaban J connectivity index is 1.41. The van der Waals surface area contributed by atoms with Crippen LogP contribution in [-0.2, 0) is 0 Å². The van der Waals surface area contributed by atoms with Crippen molar-refractivity contribution in [2.45, 2.75) is 26.7 Å². The first kappa shape index (κ1) is 16.6. The van der Waals surface area contributed by atoms with E-state index in [9.17, 15) is 5.11 Å². The minimum atomic E-state index is 0.167. The molecule has 0 aromatic heterocycles. The van der Waals surface area contributed by atoms with E-state index >= 15 is 0 Å². The lowest BCUT2D eigenvalue weighted by Gasteiger charge is -2.56. The van der Waals surface area contributed by atoms with Crippen LogP contribution >= 0.6 is 0 Å². The van der Waals surface area contributed by atoms with E-state index in [1.54, 1.807) is 7.11 Å². The summed E-state index contributed by atoms with van der Waals surface area (Å²) in [5.41, 5.74) is 0.553. The highest BCUT2D eigenvalue weighted by atomic mass is 16.5. The van der Waals surface area contributed by atoms with Crippen LogP contribution in [-0.4, -0.2) is 50.0 Å². The zero-order valence-electron chi connectivity index (χ0n) is 14.5. The minimum Gasteiger partial charge on any atom is -0.497 e. The smallest absolute Gasteiger partial charge is 0.119 e. The molecule has 0 radical (unpaired) electrons. The van der Waals surface area contributed by atoms with E-state index in [0.29, 0.717) is 17.9 Å². The highest BCUT2D eigenvalue weighted by Gasteiger charge is 2.61. The van der Waals surface area contributed by atoms with Crippen molar-refractivity contribution in [3.63, 3.8) is 0 Å². The molecule has 1 N–H and O–H groups in total. The Morgan fingerprint density at radius 2 is 1.91 bits per heavy atom. The molecule has 3 rings (SSSR count). The SMILES string of the molecule is COc1ccc(OCCCN2C[C@@H]3C(C)(C)C[C@]3(CO)C2)cc1. The zero-order valence-corrected chi connectivity index (χ0v) is 14.5. The number of aliphatic hydroxyl groups excluding tert-OH is 1. The Morgan fingerprint density at radius 1 is 1.22 bits per heavy atom. The molecule has 1 aromatic carbocycles. The van der Waals surface area contributed by atoms with Gasteiger partial charge in [0.25, 0.3) is 0 Å². The summed E-state index contributed by atoms with van der Waals surface area (Å²) in [7, 11) is 1.67. The summed E-state index contributed by atoms with van der Waals surface area (Å²) in [5, 5.41) is 9.80. The number of rotatable bonds is 7. The molecule has 0 unspecified atom stereocenters. The number of likely N-dealkylation sites (tertiary alicyclic amines) is 1.